The first kappa shape index (κ1) is 19.6. The highest BCUT2D eigenvalue weighted by Gasteiger charge is 2.35. The summed E-state index contributed by atoms with van der Waals surface area (Å²) in [5.74, 6) is 0.581. The van der Waals surface area contributed by atoms with Crippen molar-refractivity contribution < 1.29 is 19.1 Å². The number of anilines is 1. The van der Waals surface area contributed by atoms with Gasteiger partial charge < -0.3 is 19.7 Å². The molecule has 0 bridgehead atoms. The topological polar surface area (TPSA) is 67.9 Å². The quantitative estimate of drug-likeness (QED) is 0.832. The van der Waals surface area contributed by atoms with E-state index >= 15 is 0 Å². The van der Waals surface area contributed by atoms with Gasteiger partial charge >= 0.3 is 0 Å². The van der Waals surface area contributed by atoms with Gasteiger partial charge in [-0.3, -0.25) is 9.59 Å². The fraction of sp³-hybridized carbons (Fsp3) is 0.364. The van der Waals surface area contributed by atoms with Crippen LogP contribution in [0.15, 0.2) is 30.3 Å². The molecule has 2 aliphatic heterocycles. The van der Waals surface area contributed by atoms with Gasteiger partial charge in [-0.05, 0) is 48.7 Å². The van der Waals surface area contributed by atoms with E-state index in [0.717, 1.165) is 22.4 Å². The Bertz CT molecular complexity index is 976. The van der Waals surface area contributed by atoms with Crippen molar-refractivity contribution in [2.45, 2.75) is 26.8 Å². The number of hydrogen-bond donors (Lipinski definition) is 1. The number of nitrogens with zero attached hydrogens (tertiary/aromatic N) is 1. The first-order valence-corrected chi connectivity index (χ1v) is 10.0. The van der Waals surface area contributed by atoms with Gasteiger partial charge in [-0.2, -0.15) is 0 Å². The molecule has 0 spiro atoms. The van der Waals surface area contributed by atoms with Gasteiger partial charge in [0.25, 0.3) is 0 Å². The van der Waals surface area contributed by atoms with Crippen LogP contribution in [0.4, 0.5) is 5.69 Å². The number of amides is 2. The van der Waals surface area contributed by atoms with Gasteiger partial charge in [-0.1, -0.05) is 23.7 Å². The van der Waals surface area contributed by atoms with Crippen LogP contribution >= 0.6 is 11.6 Å². The fourth-order valence-electron chi connectivity index (χ4n) is 3.74. The van der Waals surface area contributed by atoms with Crippen LogP contribution < -0.4 is 19.7 Å². The molecule has 6 nitrogen and oxygen atoms in total. The summed E-state index contributed by atoms with van der Waals surface area (Å²) in [6, 6.07) is 9.46. The number of carbonyl (C=O) groups is 2. The van der Waals surface area contributed by atoms with E-state index < -0.39 is 0 Å². The van der Waals surface area contributed by atoms with Crippen molar-refractivity contribution in [1.82, 2.24) is 5.32 Å². The van der Waals surface area contributed by atoms with Crippen LogP contribution in [0, 0.1) is 19.8 Å². The minimum Gasteiger partial charge on any atom is -0.486 e. The van der Waals surface area contributed by atoms with Crippen molar-refractivity contribution in [3.8, 4) is 11.5 Å². The van der Waals surface area contributed by atoms with Crippen LogP contribution in [0.5, 0.6) is 11.5 Å². The number of aryl methyl sites for hydroxylation is 1. The number of halogens is 1. The Hall–Kier alpha value is -2.73. The number of ether oxygens (including phenoxy) is 2. The van der Waals surface area contributed by atoms with E-state index in [1.807, 2.05) is 38.1 Å². The zero-order chi connectivity index (χ0) is 20.5. The van der Waals surface area contributed by atoms with Crippen molar-refractivity contribution in [3.63, 3.8) is 0 Å². The Morgan fingerprint density at radius 3 is 2.86 bits per heavy atom. The van der Waals surface area contributed by atoms with Crippen LogP contribution in [0.2, 0.25) is 5.02 Å². The first-order valence-electron chi connectivity index (χ1n) is 9.66. The van der Waals surface area contributed by atoms with Crippen molar-refractivity contribution in [1.29, 1.82) is 0 Å². The minimum atomic E-state index is -0.380. The molecular formula is C22H23ClN2O4. The molecule has 1 atom stereocenters. The highest BCUT2D eigenvalue weighted by Crippen LogP contribution is 2.38. The summed E-state index contributed by atoms with van der Waals surface area (Å²) in [7, 11) is 0. The zero-order valence-corrected chi connectivity index (χ0v) is 17.2. The largest absolute Gasteiger partial charge is 0.486 e. The zero-order valence-electron chi connectivity index (χ0n) is 16.5. The third-order valence-corrected chi connectivity index (χ3v) is 5.77. The smallest absolute Gasteiger partial charge is 0.227 e. The van der Waals surface area contributed by atoms with Gasteiger partial charge in [0.1, 0.15) is 13.2 Å². The molecule has 2 aromatic carbocycles. The Labute approximate surface area is 174 Å². The molecule has 2 aliphatic rings. The van der Waals surface area contributed by atoms with Gasteiger partial charge in [0, 0.05) is 25.2 Å². The van der Waals surface area contributed by atoms with Gasteiger partial charge in [0.15, 0.2) is 11.5 Å². The molecule has 7 heteroatoms. The maximum absolute atomic E-state index is 12.7. The van der Waals surface area contributed by atoms with Crippen LogP contribution in [0.3, 0.4) is 0 Å². The van der Waals surface area contributed by atoms with Crippen LogP contribution in [0.1, 0.15) is 23.1 Å². The van der Waals surface area contributed by atoms with E-state index in [1.165, 1.54) is 0 Å². The summed E-state index contributed by atoms with van der Waals surface area (Å²) in [4.78, 5) is 26.9. The van der Waals surface area contributed by atoms with E-state index in [9.17, 15) is 9.59 Å². The van der Waals surface area contributed by atoms with E-state index in [2.05, 4.69) is 5.32 Å². The lowest BCUT2D eigenvalue weighted by atomic mass is 10.1. The normalized spacial score (nSPS) is 18.1. The second-order valence-corrected chi connectivity index (χ2v) is 7.85. The molecule has 2 amide bonds. The molecule has 2 aromatic rings. The first-order chi connectivity index (χ1) is 13.9. The lowest BCUT2D eigenvalue weighted by Gasteiger charge is -2.21. The third kappa shape index (κ3) is 3.90. The molecule has 2 heterocycles. The summed E-state index contributed by atoms with van der Waals surface area (Å²) in [6.07, 6.45) is 0.209. The number of nitrogens with one attached hydrogen (secondary N) is 1. The number of fused-ring (bicyclic) bond motifs is 1. The van der Waals surface area contributed by atoms with Gasteiger partial charge in [0.05, 0.1) is 10.9 Å². The summed E-state index contributed by atoms with van der Waals surface area (Å²) in [6.45, 7) is 5.65. The molecular weight excluding hydrogens is 392 g/mol. The van der Waals surface area contributed by atoms with Gasteiger partial charge in [0.2, 0.25) is 11.8 Å². The Kier molecular flexibility index (Phi) is 5.37. The Morgan fingerprint density at radius 1 is 1.24 bits per heavy atom. The number of benzene rings is 2. The Morgan fingerprint density at radius 2 is 2.03 bits per heavy atom. The van der Waals surface area contributed by atoms with Gasteiger partial charge in [-0.15, -0.1) is 0 Å². The SMILES string of the molecule is Cc1cccc(N2CC(C(=O)NCc3cc(Cl)c4c(c3)OCCO4)CC2=O)c1C. The highest BCUT2D eigenvalue weighted by atomic mass is 35.5. The molecule has 1 saturated heterocycles. The van der Waals surface area contributed by atoms with Crippen LogP contribution in [-0.2, 0) is 16.1 Å². The van der Waals surface area contributed by atoms with E-state index in [0.29, 0.717) is 42.8 Å². The minimum absolute atomic E-state index is 0.0266. The third-order valence-electron chi connectivity index (χ3n) is 5.49. The van der Waals surface area contributed by atoms with Gasteiger partial charge in [-0.25, -0.2) is 0 Å². The number of hydrogen-bond acceptors (Lipinski definition) is 4. The summed E-state index contributed by atoms with van der Waals surface area (Å²) in [5, 5.41) is 3.38. The second-order valence-electron chi connectivity index (χ2n) is 7.44. The average Bonchev–Trinajstić information content (AvgIpc) is 3.10. The number of carbonyl (C=O) groups excluding carboxylic acids is 2. The maximum Gasteiger partial charge on any atom is 0.227 e. The predicted molar refractivity (Wildman–Crippen MR) is 111 cm³/mol. The van der Waals surface area contributed by atoms with Crippen molar-refractivity contribution >= 4 is 29.1 Å². The maximum atomic E-state index is 12.7. The van der Waals surface area contributed by atoms with Crippen molar-refractivity contribution in [2.24, 2.45) is 5.92 Å². The molecule has 0 saturated carbocycles. The molecule has 0 aromatic heterocycles. The molecule has 0 radical (unpaired) electrons. The summed E-state index contributed by atoms with van der Waals surface area (Å²) in [5.41, 5.74) is 3.89. The van der Waals surface area contributed by atoms with Crippen LogP contribution in [0.25, 0.3) is 0 Å². The lowest BCUT2D eigenvalue weighted by molar-refractivity contribution is -0.126. The molecule has 29 heavy (non-hydrogen) atoms. The van der Waals surface area contributed by atoms with Crippen molar-refractivity contribution in [2.75, 3.05) is 24.7 Å². The monoisotopic (exact) mass is 414 g/mol. The Balaban J connectivity index is 1.41. The average molecular weight is 415 g/mol. The molecule has 1 unspecified atom stereocenters. The van der Waals surface area contributed by atoms with E-state index in [1.54, 1.807) is 11.0 Å². The lowest BCUT2D eigenvalue weighted by Crippen LogP contribution is -2.32. The molecule has 152 valence electrons. The van der Waals surface area contributed by atoms with E-state index in [-0.39, 0.29) is 24.2 Å². The highest BCUT2D eigenvalue weighted by molar-refractivity contribution is 6.32. The molecule has 0 aliphatic carbocycles. The molecule has 1 N–H and O–H groups in total. The summed E-state index contributed by atoms with van der Waals surface area (Å²) >= 11 is 6.25. The standard InChI is InChI=1S/C22H23ClN2O4/c1-13-4-3-5-18(14(13)2)25-12-16(10-20(25)26)22(27)24-11-15-8-17(23)21-19(9-15)28-6-7-29-21/h3-5,8-9,16H,6-7,10-12H2,1-2H3,(H,24,27). The fourth-order valence-corrected chi connectivity index (χ4v) is 4.03. The second kappa shape index (κ2) is 7.95. The predicted octanol–water partition coefficient (Wildman–Crippen LogP) is 3.40. The van der Waals surface area contributed by atoms with Crippen molar-refractivity contribution in [3.05, 3.63) is 52.0 Å². The summed E-state index contributed by atoms with van der Waals surface area (Å²) < 4.78 is 11.1. The van der Waals surface area contributed by atoms with E-state index in [4.69, 9.17) is 21.1 Å². The molecule has 1 fully saturated rings. The number of rotatable bonds is 4. The molecule has 4 rings (SSSR count). The van der Waals surface area contributed by atoms with Crippen LogP contribution in [-0.4, -0.2) is 31.6 Å².